The van der Waals surface area contributed by atoms with E-state index >= 15 is 0 Å². The molecule has 0 aliphatic rings. The summed E-state index contributed by atoms with van der Waals surface area (Å²) >= 11 is 10.6. The average molecular weight is 544 g/mol. The predicted octanol–water partition coefficient (Wildman–Crippen LogP) is 2.63. The number of aliphatic hydroxyl groups is 1. The summed E-state index contributed by atoms with van der Waals surface area (Å²) < 4.78 is 41.3. The van der Waals surface area contributed by atoms with Crippen LogP contribution < -0.4 is 10.3 Å². The van der Waals surface area contributed by atoms with E-state index in [-0.39, 0.29) is 19.0 Å². The zero-order chi connectivity index (χ0) is 23.2. The molecule has 2 rings (SSSR count). The number of halogens is 5. The SMILES string of the molecule is CN(CC[As](C)c1nnc(-c2cccc(Cl)c2Cl)c(N)n1)C[C@H](O)COCC(F)(F)F. The first-order valence-corrected chi connectivity index (χ1v) is 14.0. The number of ether oxygens (including phenoxy) is 1. The van der Waals surface area contributed by atoms with E-state index in [4.69, 9.17) is 28.9 Å². The number of aromatic nitrogens is 3. The van der Waals surface area contributed by atoms with Crippen molar-refractivity contribution in [1.82, 2.24) is 20.1 Å². The molecule has 31 heavy (non-hydrogen) atoms. The summed E-state index contributed by atoms with van der Waals surface area (Å²) in [4.78, 5) is 6.22. The second kappa shape index (κ2) is 11.6. The van der Waals surface area contributed by atoms with Crippen LogP contribution in [0.2, 0.25) is 21.0 Å². The molecule has 0 radical (unpaired) electrons. The topological polar surface area (TPSA) is 97.4 Å². The first kappa shape index (κ1) is 26.1. The maximum atomic E-state index is 12.1. The number of benzene rings is 1. The number of anilines is 1. The quantitative estimate of drug-likeness (QED) is 0.444. The van der Waals surface area contributed by atoms with E-state index in [0.717, 1.165) is 5.21 Å². The Labute approximate surface area is 193 Å². The van der Waals surface area contributed by atoms with E-state index in [0.29, 0.717) is 32.5 Å². The Bertz CT molecular complexity index is 879. The van der Waals surface area contributed by atoms with Gasteiger partial charge in [-0.2, -0.15) is 0 Å². The molecule has 1 heterocycles. The maximum absolute atomic E-state index is 12.1. The van der Waals surface area contributed by atoms with Crippen molar-refractivity contribution >= 4 is 48.3 Å². The number of likely N-dealkylation sites (N-methyl/N-ethyl adjacent to an activating group) is 1. The van der Waals surface area contributed by atoms with Gasteiger partial charge in [-0.1, -0.05) is 0 Å². The molecule has 7 nitrogen and oxygen atoms in total. The molecule has 2 atom stereocenters. The molecule has 0 saturated carbocycles. The van der Waals surface area contributed by atoms with Crippen molar-refractivity contribution < 1.29 is 23.0 Å². The third-order valence-electron chi connectivity index (χ3n) is 4.17. The Kier molecular flexibility index (Phi) is 9.79. The first-order valence-electron chi connectivity index (χ1n) is 9.14. The molecule has 13 heteroatoms. The van der Waals surface area contributed by atoms with E-state index in [1.807, 2.05) is 10.6 Å². The van der Waals surface area contributed by atoms with E-state index in [2.05, 4.69) is 19.9 Å². The van der Waals surface area contributed by atoms with Crippen molar-refractivity contribution in [1.29, 1.82) is 0 Å². The van der Waals surface area contributed by atoms with E-state index in [9.17, 15) is 18.3 Å². The van der Waals surface area contributed by atoms with Gasteiger partial charge in [0.25, 0.3) is 0 Å². The van der Waals surface area contributed by atoms with Gasteiger partial charge in [-0.25, -0.2) is 0 Å². The van der Waals surface area contributed by atoms with Crippen molar-refractivity contribution in [2.75, 3.05) is 39.1 Å². The number of aliphatic hydroxyl groups excluding tert-OH is 1. The van der Waals surface area contributed by atoms with Gasteiger partial charge in [-0.3, -0.25) is 0 Å². The number of nitrogens with two attached hydrogens (primary N) is 1. The molecule has 0 saturated heterocycles. The van der Waals surface area contributed by atoms with Gasteiger partial charge < -0.3 is 0 Å². The molecule has 0 aliphatic heterocycles. The summed E-state index contributed by atoms with van der Waals surface area (Å²) in [5, 5.41) is 19.7. The van der Waals surface area contributed by atoms with Crippen LogP contribution in [0.15, 0.2) is 18.2 Å². The van der Waals surface area contributed by atoms with Crippen LogP contribution in [0, 0.1) is 0 Å². The number of alkyl halides is 3. The van der Waals surface area contributed by atoms with Crippen molar-refractivity contribution in [2.45, 2.75) is 23.2 Å². The van der Waals surface area contributed by atoms with Crippen LogP contribution >= 0.6 is 23.2 Å². The minimum absolute atomic E-state index is 0.188. The van der Waals surface area contributed by atoms with Crippen LogP contribution in [-0.4, -0.2) is 85.5 Å². The molecule has 0 bridgehead atoms. The van der Waals surface area contributed by atoms with Crippen LogP contribution in [0.1, 0.15) is 0 Å². The van der Waals surface area contributed by atoms with E-state index in [1.165, 1.54) is 0 Å². The monoisotopic (exact) mass is 543 g/mol. The van der Waals surface area contributed by atoms with Gasteiger partial charge in [0.2, 0.25) is 0 Å². The fourth-order valence-electron chi connectivity index (χ4n) is 2.60. The fraction of sp³-hybridized carbons (Fsp3) is 0.500. The average Bonchev–Trinajstić information content (AvgIpc) is 2.67. The molecule has 0 amide bonds. The predicted molar refractivity (Wildman–Crippen MR) is 116 cm³/mol. The van der Waals surface area contributed by atoms with Crippen LogP contribution in [0.4, 0.5) is 19.0 Å². The molecular weight excluding hydrogens is 521 g/mol. The summed E-state index contributed by atoms with van der Waals surface area (Å²) in [6, 6.07) is 5.12. The molecule has 2 aromatic rings. The first-order chi connectivity index (χ1) is 14.5. The van der Waals surface area contributed by atoms with Gasteiger partial charge in [-0.15, -0.1) is 0 Å². The van der Waals surface area contributed by atoms with E-state index in [1.54, 1.807) is 25.2 Å². The number of nitrogens with zero attached hydrogens (tertiary/aromatic N) is 4. The zero-order valence-electron chi connectivity index (χ0n) is 16.9. The minimum atomic E-state index is -4.41. The van der Waals surface area contributed by atoms with Crippen molar-refractivity contribution in [2.24, 2.45) is 0 Å². The van der Waals surface area contributed by atoms with Gasteiger partial charge in [0.1, 0.15) is 0 Å². The van der Waals surface area contributed by atoms with Gasteiger partial charge >= 0.3 is 193 Å². The summed E-state index contributed by atoms with van der Waals surface area (Å²) in [7, 11) is 1.77. The number of rotatable bonds is 10. The molecule has 1 aromatic heterocycles. The Morgan fingerprint density at radius 1 is 1.29 bits per heavy atom. The fourth-order valence-corrected chi connectivity index (χ4v) is 5.76. The standard InChI is InChI=1S/C18H23AsCl2F3N5O2/c1-19(6-7-29(2)8-11(30)9-31-10-18(22,23)24)17-26-16(25)15(27-28-17)12-4-3-5-13(20)14(12)21/h3-5,11,30H,6-10H2,1-2H3,(H2,25,26,28)/t11-,19?/m0/s1. The summed E-state index contributed by atoms with van der Waals surface area (Å²) in [6.45, 7) is -0.958. The van der Waals surface area contributed by atoms with Gasteiger partial charge in [0.05, 0.1) is 0 Å². The number of hydrogen-bond acceptors (Lipinski definition) is 7. The van der Waals surface area contributed by atoms with Crippen LogP contribution in [-0.2, 0) is 4.74 Å². The molecule has 172 valence electrons. The second-order valence-electron chi connectivity index (χ2n) is 6.91. The molecule has 0 spiro atoms. The van der Waals surface area contributed by atoms with Crippen molar-refractivity contribution in [3.8, 4) is 11.3 Å². The third-order valence-corrected chi connectivity index (χ3v) is 8.64. The Morgan fingerprint density at radius 2 is 2.00 bits per heavy atom. The second-order valence-corrected chi connectivity index (χ2v) is 12.4. The summed E-state index contributed by atoms with van der Waals surface area (Å²) in [5.41, 5.74) is 9.04. The van der Waals surface area contributed by atoms with Gasteiger partial charge in [0, 0.05) is 0 Å². The summed E-state index contributed by atoms with van der Waals surface area (Å²) in [5.74, 6) is 0.209. The zero-order valence-corrected chi connectivity index (χ0v) is 20.3. The molecular formula is C18H23AsCl2F3N5O2. The van der Waals surface area contributed by atoms with Crippen LogP contribution in [0.3, 0.4) is 0 Å². The molecule has 1 unspecified atom stereocenters. The number of nitrogen functional groups attached to an aromatic ring is 1. The Morgan fingerprint density at radius 3 is 2.65 bits per heavy atom. The molecule has 3 N–H and O–H groups in total. The van der Waals surface area contributed by atoms with Crippen LogP contribution in [0.5, 0.6) is 0 Å². The van der Waals surface area contributed by atoms with Crippen LogP contribution in [0.25, 0.3) is 11.3 Å². The van der Waals surface area contributed by atoms with E-state index < -0.39 is 33.5 Å². The van der Waals surface area contributed by atoms with Gasteiger partial charge in [-0.05, 0) is 0 Å². The molecule has 0 fully saturated rings. The molecule has 1 aromatic carbocycles. The third kappa shape index (κ3) is 8.36. The van der Waals surface area contributed by atoms with Gasteiger partial charge in [0.15, 0.2) is 0 Å². The number of hydrogen-bond donors (Lipinski definition) is 2. The van der Waals surface area contributed by atoms with Crippen molar-refractivity contribution in [3.05, 3.63) is 28.2 Å². The van der Waals surface area contributed by atoms with Crippen molar-refractivity contribution in [3.63, 3.8) is 0 Å². The Hall–Kier alpha value is -1.16. The normalized spacial score (nSPS) is 14.1. The summed E-state index contributed by atoms with van der Waals surface area (Å²) in [6.07, 6.45) is -5.42. The molecule has 0 aliphatic carbocycles. The Balaban J connectivity index is 1.89.